The van der Waals surface area contributed by atoms with Crippen LogP contribution >= 0.6 is 0 Å². The monoisotopic (exact) mass is 448 g/mol. The molecular formula is C20H24N4O8. The van der Waals surface area contributed by atoms with Gasteiger partial charge in [-0.2, -0.15) is 5.10 Å². The summed E-state index contributed by atoms with van der Waals surface area (Å²) in [6.07, 6.45) is -3.18. The zero-order valence-electron chi connectivity index (χ0n) is 18.2. The highest BCUT2D eigenvalue weighted by Gasteiger charge is 2.87. The minimum absolute atomic E-state index is 0.245. The number of fused-ring (bicyclic) bond motifs is 2. The molecule has 2 aromatic heterocycles. The highest BCUT2D eigenvalue weighted by Crippen LogP contribution is 2.62. The molecule has 4 rings (SSSR count). The number of nitrogens with zero attached hydrogens (tertiary/aromatic N) is 3. The van der Waals surface area contributed by atoms with Gasteiger partial charge < -0.3 is 29.4 Å². The molecule has 1 unspecified atom stereocenters. The molecule has 2 fully saturated rings. The Bertz CT molecular complexity index is 1100. The van der Waals surface area contributed by atoms with Crippen LogP contribution in [0.4, 0.5) is 10.6 Å². The van der Waals surface area contributed by atoms with E-state index in [0.29, 0.717) is 11.2 Å². The maximum atomic E-state index is 12.1. The van der Waals surface area contributed by atoms with Gasteiger partial charge >= 0.3 is 18.1 Å². The number of hydrogen-bond donors (Lipinski definition) is 1. The topological polar surface area (TPSA) is 154 Å². The van der Waals surface area contributed by atoms with Gasteiger partial charge in [-0.25, -0.2) is 14.3 Å². The van der Waals surface area contributed by atoms with E-state index in [-0.39, 0.29) is 5.82 Å². The van der Waals surface area contributed by atoms with E-state index in [1.807, 2.05) is 0 Å². The number of esters is 2. The van der Waals surface area contributed by atoms with Gasteiger partial charge in [-0.3, -0.25) is 9.59 Å². The second-order valence-corrected chi connectivity index (χ2v) is 8.20. The molecule has 5 atom stereocenters. The molecular weight excluding hydrogens is 424 g/mol. The lowest BCUT2D eigenvalue weighted by atomic mass is 9.90. The van der Waals surface area contributed by atoms with Crippen LogP contribution in [0.5, 0.6) is 0 Å². The lowest BCUT2D eigenvalue weighted by Crippen LogP contribution is -2.50. The van der Waals surface area contributed by atoms with Crippen molar-refractivity contribution in [3.05, 3.63) is 24.2 Å². The molecule has 2 aromatic rings. The minimum Gasteiger partial charge on any atom is -0.454 e. The molecule has 0 spiro atoms. The van der Waals surface area contributed by atoms with Crippen LogP contribution < -0.4 is 5.73 Å². The fourth-order valence-corrected chi connectivity index (χ4v) is 4.32. The average Bonchev–Trinajstić information content (AvgIpc) is 2.99. The lowest BCUT2D eigenvalue weighted by molar-refractivity contribution is -0.188. The van der Waals surface area contributed by atoms with Crippen LogP contribution in [-0.2, 0) is 38.9 Å². The molecule has 1 saturated heterocycles. The number of hydrogen-bond acceptors (Lipinski definition) is 11. The summed E-state index contributed by atoms with van der Waals surface area (Å²) < 4.78 is 29.4. The van der Waals surface area contributed by atoms with Gasteiger partial charge in [0.2, 0.25) is 5.60 Å². The summed E-state index contributed by atoms with van der Waals surface area (Å²) in [6, 6.07) is 3.40. The first kappa shape index (κ1) is 21.8. The van der Waals surface area contributed by atoms with Crippen LogP contribution in [0.2, 0.25) is 0 Å². The third-order valence-corrected chi connectivity index (χ3v) is 5.49. The second kappa shape index (κ2) is 7.33. The van der Waals surface area contributed by atoms with Crippen molar-refractivity contribution >= 4 is 29.4 Å². The Morgan fingerprint density at radius 1 is 1.19 bits per heavy atom. The zero-order chi connectivity index (χ0) is 23.4. The number of nitrogens with two attached hydrogens (primary N) is 1. The molecule has 12 nitrogen and oxygen atoms in total. The van der Waals surface area contributed by atoms with Gasteiger partial charge in [-0.05, 0) is 32.9 Å². The van der Waals surface area contributed by atoms with E-state index in [9.17, 15) is 14.4 Å². The predicted molar refractivity (Wildman–Crippen MR) is 106 cm³/mol. The molecule has 3 heterocycles. The Kier molecular flexibility index (Phi) is 4.99. The van der Waals surface area contributed by atoms with Gasteiger partial charge in [0.15, 0.2) is 18.0 Å². The molecule has 2 N–H and O–H groups in total. The van der Waals surface area contributed by atoms with Gasteiger partial charge in [-0.1, -0.05) is 0 Å². The third kappa shape index (κ3) is 3.22. The third-order valence-electron chi connectivity index (χ3n) is 5.49. The molecule has 32 heavy (non-hydrogen) atoms. The summed E-state index contributed by atoms with van der Waals surface area (Å²) in [7, 11) is 0. The summed E-state index contributed by atoms with van der Waals surface area (Å²) in [4.78, 5) is 40.1. The second-order valence-electron chi connectivity index (χ2n) is 8.20. The number of rotatable bonds is 5. The summed E-state index contributed by atoms with van der Waals surface area (Å²) >= 11 is 0. The van der Waals surface area contributed by atoms with Crippen molar-refractivity contribution in [3.8, 4) is 0 Å². The molecule has 2 aliphatic rings. The van der Waals surface area contributed by atoms with Crippen molar-refractivity contribution in [1.29, 1.82) is 0 Å². The van der Waals surface area contributed by atoms with Crippen molar-refractivity contribution in [1.82, 2.24) is 14.6 Å². The van der Waals surface area contributed by atoms with E-state index in [4.69, 9.17) is 29.4 Å². The number of nitrogen functional groups attached to an aromatic ring is 1. The Morgan fingerprint density at radius 3 is 2.53 bits per heavy atom. The quantitative estimate of drug-likeness (QED) is 0.516. The van der Waals surface area contributed by atoms with Gasteiger partial charge in [0, 0.05) is 13.8 Å². The number of carbonyl (C=O) groups is 3. The van der Waals surface area contributed by atoms with Crippen LogP contribution in [0.3, 0.4) is 0 Å². The first-order valence-corrected chi connectivity index (χ1v) is 10.0. The van der Waals surface area contributed by atoms with Crippen molar-refractivity contribution in [2.75, 3.05) is 5.73 Å². The van der Waals surface area contributed by atoms with Gasteiger partial charge in [0.1, 0.15) is 23.5 Å². The van der Waals surface area contributed by atoms with E-state index >= 15 is 0 Å². The molecule has 0 bridgehead atoms. The van der Waals surface area contributed by atoms with Gasteiger partial charge in [0.25, 0.3) is 0 Å². The van der Waals surface area contributed by atoms with E-state index in [2.05, 4.69) is 10.1 Å². The molecule has 12 heteroatoms. The smallest absolute Gasteiger partial charge is 0.454 e. The Labute approximate surface area is 182 Å². The predicted octanol–water partition coefficient (Wildman–Crippen LogP) is 1.10. The van der Waals surface area contributed by atoms with Crippen LogP contribution in [0.25, 0.3) is 5.52 Å². The number of carbonyl (C=O) groups excluding carboxylic acids is 3. The molecule has 0 aromatic carbocycles. The van der Waals surface area contributed by atoms with Gasteiger partial charge in [0.05, 0.1) is 11.8 Å². The summed E-state index contributed by atoms with van der Waals surface area (Å²) in [6.45, 7) is 7.42. The van der Waals surface area contributed by atoms with E-state index in [1.165, 1.54) is 24.7 Å². The fourth-order valence-electron chi connectivity index (χ4n) is 4.32. The Morgan fingerprint density at radius 2 is 1.91 bits per heavy atom. The van der Waals surface area contributed by atoms with Gasteiger partial charge in [-0.15, -0.1) is 0 Å². The van der Waals surface area contributed by atoms with E-state index < -0.39 is 53.7 Å². The van der Waals surface area contributed by atoms with Crippen LogP contribution in [0, 0.1) is 0 Å². The SMILES string of the molecule is CC(=O)O[C@@H]1[C@@]2(OC(C)=O)C(OC(=O)OC(C)C)[C@H]2O[C@@]1(C)c1ccc2c(N)ncnn12. The summed E-state index contributed by atoms with van der Waals surface area (Å²) in [5, 5.41) is 4.22. The first-order chi connectivity index (χ1) is 15.0. The summed E-state index contributed by atoms with van der Waals surface area (Å²) in [5.74, 6) is -1.05. The molecule has 0 amide bonds. The maximum Gasteiger partial charge on any atom is 0.509 e. The highest BCUT2D eigenvalue weighted by atomic mass is 16.8. The Balaban J connectivity index is 1.76. The molecule has 1 aliphatic heterocycles. The number of ether oxygens (including phenoxy) is 5. The molecule has 0 radical (unpaired) electrons. The maximum absolute atomic E-state index is 12.1. The average molecular weight is 448 g/mol. The van der Waals surface area contributed by atoms with Crippen molar-refractivity contribution in [2.45, 2.75) is 70.2 Å². The highest BCUT2D eigenvalue weighted by molar-refractivity contribution is 5.71. The van der Waals surface area contributed by atoms with Crippen LogP contribution in [0.1, 0.15) is 40.3 Å². The van der Waals surface area contributed by atoms with E-state index in [0.717, 1.165) is 0 Å². The first-order valence-electron chi connectivity index (χ1n) is 10.0. The van der Waals surface area contributed by atoms with Crippen LogP contribution in [0.15, 0.2) is 18.5 Å². The van der Waals surface area contributed by atoms with Crippen molar-refractivity contribution < 1.29 is 38.1 Å². The fraction of sp³-hybridized carbons (Fsp3) is 0.550. The number of aromatic nitrogens is 3. The largest absolute Gasteiger partial charge is 0.509 e. The van der Waals surface area contributed by atoms with Crippen molar-refractivity contribution in [3.63, 3.8) is 0 Å². The zero-order valence-corrected chi connectivity index (χ0v) is 18.2. The van der Waals surface area contributed by atoms with Crippen molar-refractivity contribution in [2.24, 2.45) is 0 Å². The molecule has 172 valence electrons. The van der Waals surface area contributed by atoms with Crippen LogP contribution in [-0.4, -0.2) is 62.7 Å². The molecule has 1 aliphatic carbocycles. The molecule has 1 saturated carbocycles. The normalized spacial score (nSPS) is 30.6. The van der Waals surface area contributed by atoms with E-state index in [1.54, 1.807) is 32.9 Å². The number of anilines is 1. The summed E-state index contributed by atoms with van der Waals surface area (Å²) in [5.41, 5.74) is 4.06. The lowest BCUT2D eigenvalue weighted by Gasteiger charge is -2.35. The minimum atomic E-state index is -1.55. The standard InChI is InChI=1S/C20H24N4O8/c1-9(2)28-18(27)30-14-15-20(14,31-11(4)26)17(29-10(3)25)19(5,32-15)13-7-6-12-16(21)22-8-23-24(12)13/h6-9,14-15,17H,1-5H3,(H2,21,22,23)/t14?,15-,17+,19+,20-/m1/s1. The Hall–Kier alpha value is -3.41.